The number of carbonyl (C=O) groups is 1. The maximum atomic E-state index is 12.0. The van der Waals surface area contributed by atoms with Gasteiger partial charge >= 0.3 is 0 Å². The van der Waals surface area contributed by atoms with Crippen molar-refractivity contribution in [2.24, 2.45) is 5.92 Å². The van der Waals surface area contributed by atoms with Crippen LogP contribution < -0.4 is 0 Å². The van der Waals surface area contributed by atoms with Crippen molar-refractivity contribution in [1.29, 1.82) is 0 Å². The number of Topliss-reactive ketones (excluding diaryl/α,β-unsaturated/α-hetero) is 1. The van der Waals surface area contributed by atoms with E-state index in [0.29, 0.717) is 5.75 Å². The van der Waals surface area contributed by atoms with Crippen molar-refractivity contribution in [3.8, 4) is 0 Å². The van der Waals surface area contributed by atoms with Crippen molar-refractivity contribution in [2.75, 3.05) is 17.8 Å². The van der Waals surface area contributed by atoms with Gasteiger partial charge in [0.05, 0.1) is 5.75 Å². The lowest BCUT2D eigenvalue weighted by atomic mass is 10.1. The van der Waals surface area contributed by atoms with Gasteiger partial charge in [0.1, 0.15) is 0 Å². The van der Waals surface area contributed by atoms with Crippen LogP contribution in [-0.2, 0) is 0 Å². The van der Waals surface area contributed by atoms with E-state index in [1.165, 1.54) is 30.6 Å². The fraction of sp³-hybridized carbons (Fsp3) is 0.533. The molecule has 0 aliphatic heterocycles. The second-order valence-electron chi connectivity index (χ2n) is 4.82. The largest absolute Gasteiger partial charge is 0.293 e. The molecule has 0 saturated heterocycles. The van der Waals surface area contributed by atoms with Crippen LogP contribution in [0.25, 0.3) is 0 Å². The van der Waals surface area contributed by atoms with E-state index in [1.54, 1.807) is 11.8 Å². The Balaban J connectivity index is 1.76. The van der Waals surface area contributed by atoms with Crippen LogP contribution in [0.3, 0.4) is 0 Å². The van der Waals surface area contributed by atoms with Gasteiger partial charge in [0.15, 0.2) is 5.78 Å². The highest BCUT2D eigenvalue weighted by atomic mass is 32.2. The lowest BCUT2D eigenvalue weighted by molar-refractivity contribution is 0.102. The van der Waals surface area contributed by atoms with E-state index in [4.69, 9.17) is 0 Å². The average Bonchev–Trinajstić information content (AvgIpc) is 2.92. The summed E-state index contributed by atoms with van der Waals surface area (Å²) in [5.41, 5.74) is 0.853. The Morgan fingerprint density at radius 3 is 2.50 bits per heavy atom. The molecular formula is C15H20OS2. The Hall–Kier alpha value is -0.410. The van der Waals surface area contributed by atoms with Crippen molar-refractivity contribution in [2.45, 2.75) is 30.6 Å². The predicted molar refractivity (Wildman–Crippen MR) is 81.8 cm³/mol. The van der Waals surface area contributed by atoms with E-state index in [2.05, 4.69) is 0 Å². The number of hydrogen-bond acceptors (Lipinski definition) is 3. The minimum atomic E-state index is 0.269. The highest BCUT2D eigenvalue weighted by Crippen LogP contribution is 2.28. The predicted octanol–water partition coefficient (Wildman–Crippen LogP) is 4.51. The summed E-state index contributed by atoms with van der Waals surface area (Å²) >= 11 is 3.52. The van der Waals surface area contributed by atoms with Crippen molar-refractivity contribution in [1.82, 2.24) is 0 Å². The number of thioether (sulfide) groups is 2. The summed E-state index contributed by atoms with van der Waals surface area (Å²) < 4.78 is 0. The van der Waals surface area contributed by atoms with Gasteiger partial charge in [-0.1, -0.05) is 25.0 Å². The van der Waals surface area contributed by atoms with Gasteiger partial charge in [-0.15, -0.1) is 11.8 Å². The van der Waals surface area contributed by atoms with Crippen LogP contribution in [0.1, 0.15) is 36.0 Å². The Kier molecular flexibility index (Phi) is 5.64. The van der Waals surface area contributed by atoms with Crippen LogP contribution in [0.15, 0.2) is 29.2 Å². The maximum absolute atomic E-state index is 12.0. The summed E-state index contributed by atoms with van der Waals surface area (Å²) in [5, 5.41) is 0. The first-order chi connectivity index (χ1) is 8.79. The van der Waals surface area contributed by atoms with Crippen LogP contribution >= 0.6 is 23.5 Å². The lowest BCUT2D eigenvalue weighted by Gasteiger charge is -2.07. The molecule has 0 atom stereocenters. The molecule has 18 heavy (non-hydrogen) atoms. The number of rotatable bonds is 6. The van der Waals surface area contributed by atoms with Gasteiger partial charge < -0.3 is 0 Å². The number of carbonyl (C=O) groups excluding carboxylic acids is 1. The van der Waals surface area contributed by atoms with E-state index in [9.17, 15) is 4.79 Å². The van der Waals surface area contributed by atoms with Crippen LogP contribution in [0, 0.1) is 5.92 Å². The SMILES string of the molecule is CSc1ccc(C(=O)CSCC2CCCC2)cc1. The minimum absolute atomic E-state index is 0.269. The molecule has 0 N–H and O–H groups in total. The monoisotopic (exact) mass is 280 g/mol. The minimum Gasteiger partial charge on any atom is -0.293 e. The smallest absolute Gasteiger partial charge is 0.172 e. The molecule has 1 aliphatic carbocycles. The topological polar surface area (TPSA) is 17.1 Å². The molecule has 0 spiro atoms. The molecule has 0 radical (unpaired) electrons. The van der Waals surface area contributed by atoms with E-state index < -0.39 is 0 Å². The van der Waals surface area contributed by atoms with E-state index >= 15 is 0 Å². The molecule has 0 unspecified atom stereocenters. The molecule has 3 heteroatoms. The quantitative estimate of drug-likeness (QED) is 0.563. The highest BCUT2D eigenvalue weighted by Gasteiger charge is 2.15. The molecule has 0 amide bonds. The molecule has 1 aliphatic rings. The molecule has 0 aromatic heterocycles. The van der Waals surface area contributed by atoms with Gasteiger partial charge in [-0.2, -0.15) is 11.8 Å². The van der Waals surface area contributed by atoms with Crippen LogP contribution in [0.4, 0.5) is 0 Å². The number of ketones is 1. The van der Waals surface area contributed by atoms with Gasteiger partial charge in [-0.3, -0.25) is 4.79 Å². The van der Waals surface area contributed by atoms with E-state index in [-0.39, 0.29) is 5.78 Å². The van der Waals surface area contributed by atoms with Crippen molar-refractivity contribution >= 4 is 29.3 Å². The summed E-state index contributed by atoms with van der Waals surface area (Å²) in [6, 6.07) is 7.95. The third-order valence-electron chi connectivity index (χ3n) is 3.47. The zero-order chi connectivity index (χ0) is 12.8. The molecule has 0 bridgehead atoms. The molecular weight excluding hydrogens is 260 g/mol. The zero-order valence-electron chi connectivity index (χ0n) is 10.9. The molecule has 0 heterocycles. The molecule has 1 fully saturated rings. The fourth-order valence-electron chi connectivity index (χ4n) is 2.36. The Labute approximate surface area is 118 Å². The van der Waals surface area contributed by atoms with Crippen LogP contribution in [0.2, 0.25) is 0 Å². The first kappa shape index (κ1) is 14.0. The second kappa shape index (κ2) is 7.25. The van der Waals surface area contributed by atoms with Gasteiger partial charge in [0, 0.05) is 10.5 Å². The van der Waals surface area contributed by atoms with Crippen molar-refractivity contribution in [3.05, 3.63) is 29.8 Å². The molecule has 1 saturated carbocycles. The van der Waals surface area contributed by atoms with Gasteiger partial charge in [0.25, 0.3) is 0 Å². The average molecular weight is 280 g/mol. The Morgan fingerprint density at radius 1 is 1.22 bits per heavy atom. The summed E-state index contributed by atoms with van der Waals surface area (Å²) in [5.74, 6) is 2.93. The normalized spacial score (nSPS) is 16.1. The van der Waals surface area contributed by atoms with Gasteiger partial charge in [-0.05, 0) is 42.9 Å². The van der Waals surface area contributed by atoms with Crippen molar-refractivity contribution < 1.29 is 4.79 Å². The lowest BCUT2D eigenvalue weighted by Crippen LogP contribution is -2.05. The molecule has 1 aromatic rings. The summed E-state index contributed by atoms with van der Waals surface area (Å²) in [6.07, 6.45) is 7.55. The summed E-state index contributed by atoms with van der Waals surface area (Å²) in [4.78, 5) is 13.2. The molecule has 98 valence electrons. The zero-order valence-corrected chi connectivity index (χ0v) is 12.5. The molecule has 1 nitrogen and oxygen atoms in total. The van der Waals surface area contributed by atoms with E-state index in [0.717, 1.165) is 17.2 Å². The Morgan fingerprint density at radius 2 is 1.89 bits per heavy atom. The standard InChI is InChI=1S/C15H20OS2/c1-17-14-8-6-13(7-9-14)15(16)11-18-10-12-4-2-3-5-12/h6-9,12H,2-5,10-11H2,1H3. The van der Waals surface area contributed by atoms with Crippen molar-refractivity contribution in [3.63, 3.8) is 0 Å². The molecule has 1 aromatic carbocycles. The first-order valence-corrected chi connectivity index (χ1v) is 8.92. The summed E-state index contributed by atoms with van der Waals surface area (Å²) in [6.45, 7) is 0. The highest BCUT2D eigenvalue weighted by molar-refractivity contribution is 8.00. The Bertz CT molecular complexity index is 380. The van der Waals surface area contributed by atoms with Gasteiger partial charge in [0.2, 0.25) is 0 Å². The summed E-state index contributed by atoms with van der Waals surface area (Å²) in [7, 11) is 0. The van der Waals surface area contributed by atoms with Crippen LogP contribution in [0.5, 0.6) is 0 Å². The fourth-order valence-corrected chi connectivity index (χ4v) is 3.90. The number of hydrogen-bond donors (Lipinski definition) is 0. The second-order valence-corrected chi connectivity index (χ2v) is 6.73. The third-order valence-corrected chi connectivity index (χ3v) is 5.39. The van der Waals surface area contributed by atoms with Crippen LogP contribution in [-0.4, -0.2) is 23.5 Å². The first-order valence-electron chi connectivity index (χ1n) is 6.54. The third kappa shape index (κ3) is 4.06. The van der Waals surface area contributed by atoms with Gasteiger partial charge in [-0.25, -0.2) is 0 Å². The van der Waals surface area contributed by atoms with E-state index in [1.807, 2.05) is 42.3 Å². The maximum Gasteiger partial charge on any atom is 0.172 e. The number of benzene rings is 1. The molecule has 2 rings (SSSR count).